The van der Waals surface area contributed by atoms with E-state index in [2.05, 4.69) is 5.32 Å². The smallest absolute Gasteiger partial charge is 0.274 e. The van der Waals surface area contributed by atoms with E-state index in [-0.39, 0.29) is 12.2 Å². The first kappa shape index (κ1) is 23.0. The normalized spacial score (nSPS) is 16.4. The molecule has 3 heterocycles. The molecule has 2 bridgehead atoms. The van der Waals surface area contributed by atoms with E-state index in [4.69, 9.17) is 11.6 Å². The van der Waals surface area contributed by atoms with Crippen molar-refractivity contribution in [2.45, 2.75) is 19.0 Å². The maximum Gasteiger partial charge on any atom is 0.274 e. The molecule has 1 atom stereocenters. The van der Waals surface area contributed by atoms with E-state index in [0.717, 1.165) is 17.3 Å². The van der Waals surface area contributed by atoms with Crippen LogP contribution < -0.4 is 10.7 Å². The van der Waals surface area contributed by atoms with E-state index >= 15 is 0 Å². The Hall–Kier alpha value is -3.79. The number of pyridine rings is 1. The van der Waals surface area contributed by atoms with Crippen LogP contribution in [0.15, 0.2) is 41.3 Å². The number of benzene rings is 2. The number of amides is 2. The van der Waals surface area contributed by atoms with E-state index in [1.54, 1.807) is 18.2 Å². The zero-order chi connectivity index (χ0) is 25.0. The predicted octanol–water partition coefficient (Wildman–Crippen LogP) is 3.16. The topological polar surface area (TPSA) is 91.6 Å². The minimum Gasteiger partial charge on any atom is -0.503 e. The third kappa shape index (κ3) is 3.83. The average Bonchev–Trinajstić information content (AvgIpc) is 2.96. The number of carbonyl (C=O) groups excluding carboxylic acids is 2. The Labute approximate surface area is 201 Å². The Balaban J connectivity index is 1.56. The lowest BCUT2D eigenvalue weighted by atomic mass is 9.97. The van der Waals surface area contributed by atoms with Crippen LogP contribution in [0.1, 0.15) is 43.6 Å². The Morgan fingerprint density at radius 1 is 1.14 bits per heavy atom. The van der Waals surface area contributed by atoms with Gasteiger partial charge in [-0.05, 0) is 29.7 Å². The van der Waals surface area contributed by atoms with Gasteiger partial charge in [0.15, 0.2) is 11.4 Å². The molecule has 0 saturated heterocycles. The van der Waals surface area contributed by atoms with Gasteiger partial charge < -0.3 is 19.9 Å². The zero-order valence-corrected chi connectivity index (χ0v) is 18.7. The molecule has 0 spiro atoms. The summed E-state index contributed by atoms with van der Waals surface area (Å²) in [5, 5.41) is 13.4. The van der Waals surface area contributed by atoms with Crippen LogP contribution in [0.25, 0.3) is 0 Å². The Bertz CT molecular complexity index is 1450. The van der Waals surface area contributed by atoms with Gasteiger partial charge in [-0.1, -0.05) is 17.7 Å². The van der Waals surface area contributed by atoms with Gasteiger partial charge in [-0.2, -0.15) is 0 Å². The molecule has 11 heteroatoms. The predicted molar refractivity (Wildman–Crippen MR) is 119 cm³/mol. The largest absolute Gasteiger partial charge is 0.503 e. The average molecular weight is 504 g/mol. The standard InChI is InChI=1S/C24H17ClF3N3O4/c25-12-1-2-14-11(5-12)3-4-30-10-19(14)31-9-16(21(32)22(33)20(31)24(30)35)23(34)29-8-15-17(27)6-13(26)7-18(15)28/h1-2,5-7,9,19,33H,3-4,8,10H2,(H,29,34)/t19-/m1/s1. The van der Waals surface area contributed by atoms with Crippen molar-refractivity contribution in [3.8, 4) is 5.75 Å². The molecule has 2 aliphatic heterocycles. The van der Waals surface area contributed by atoms with E-state index in [9.17, 15) is 32.7 Å². The summed E-state index contributed by atoms with van der Waals surface area (Å²) < 4.78 is 42.4. The van der Waals surface area contributed by atoms with Crippen LogP contribution in [-0.4, -0.2) is 39.5 Å². The number of halogens is 4. The fraction of sp³-hybridized carbons (Fsp3) is 0.208. The molecule has 0 saturated carbocycles. The molecule has 7 nitrogen and oxygen atoms in total. The van der Waals surface area contributed by atoms with Crippen LogP contribution in [0.5, 0.6) is 5.75 Å². The van der Waals surface area contributed by atoms with Crippen LogP contribution >= 0.6 is 11.6 Å². The van der Waals surface area contributed by atoms with Crippen LogP contribution in [0.2, 0.25) is 5.02 Å². The molecule has 0 radical (unpaired) electrons. The first-order valence-corrected chi connectivity index (χ1v) is 11.0. The summed E-state index contributed by atoms with van der Waals surface area (Å²) in [6.45, 7) is -0.0701. The van der Waals surface area contributed by atoms with Crippen molar-refractivity contribution in [2.75, 3.05) is 13.1 Å². The number of rotatable bonds is 3. The van der Waals surface area contributed by atoms with Crippen LogP contribution in [-0.2, 0) is 13.0 Å². The highest BCUT2D eigenvalue weighted by Crippen LogP contribution is 2.35. The van der Waals surface area contributed by atoms with Crippen LogP contribution in [0.4, 0.5) is 13.2 Å². The number of aromatic nitrogens is 1. The maximum absolute atomic E-state index is 13.9. The summed E-state index contributed by atoms with van der Waals surface area (Å²) in [5.41, 5.74) is -0.759. The molecule has 3 aromatic rings. The van der Waals surface area contributed by atoms with Gasteiger partial charge in [0.1, 0.15) is 23.0 Å². The van der Waals surface area contributed by atoms with Crippen molar-refractivity contribution < 1.29 is 27.9 Å². The lowest BCUT2D eigenvalue weighted by Crippen LogP contribution is -2.45. The van der Waals surface area contributed by atoms with Gasteiger partial charge in [0.25, 0.3) is 11.8 Å². The molecule has 0 fully saturated rings. The first-order valence-electron chi connectivity index (χ1n) is 10.6. The highest BCUT2D eigenvalue weighted by molar-refractivity contribution is 6.30. The molecule has 2 amide bonds. The van der Waals surface area contributed by atoms with Gasteiger partial charge in [-0.15, -0.1) is 0 Å². The second kappa shape index (κ2) is 8.46. The Morgan fingerprint density at radius 3 is 2.57 bits per heavy atom. The third-order valence-corrected chi connectivity index (χ3v) is 6.56. The molecular formula is C24H17ClF3N3O4. The molecule has 2 aromatic carbocycles. The van der Waals surface area contributed by atoms with Gasteiger partial charge >= 0.3 is 0 Å². The fourth-order valence-electron chi connectivity index (χ4n) is 4.59. The molecular weight excluding hydrogens is 487 g/mol. The molecule has 35 heavy (non-hydrogen) atoms. The second-order valence-corrected chi connectivity index (χ2v) is 8.80. The summed E-state index contributed by atoms with van der Waals surface area (Å²) in [6, 6.07) is 5.69. The van der Waals surface area contributed by atoms with Crippen molar-refractivity contribution in [2.24, 2.45) is 0 Å². The summed E-state index contributed by atoms with van der Waals surface area (Å²) in [4.78, 5) is 40.2. The molecule has 180 valence electrons. The van der Waals surface area contributed by atoms with Gasteiger partial charge in [0.05, 0.1) is 6.04 Å². The fourth-order valence-corrected chi connectivity index (χ4v) is 4.78. The maximum atomic E-state index is 13.9. The number of nitrogens with one attached hydrogen (secondary N) is 1. The highest BCUT2D eigenvalue weighted by Gasteiger charge is 2.38. The first-order chi connectivity index (χ1) is 16.7. The van der Waals surface area contributed by atoms with Gasteiger partial charge in [0.2, 0.25) is 5.43 Å². The molecule has 0 aliphatic carbocycles. The quantitative estimate of drug-likeness (QED) is 0.574. The summed E-state index contributed by atoms with van der Waals surface area (Å²) in [6.07, 6.45) is 1.67. The second-order valence-electron chi connectivity index (χ2n) is 8.37. The van der Waals surface area contributed by atoms with Gasteiger partial charge in [-0.25, -0.2) is 13.2 Å². The highest BCUT2D eigenvalue weighted by atomic mass is 35.5. The van der Waals surface area contributed by atoms with Crippen molar-refractivity contribution >= 4 is 23.4 Å². The van der Waals surface area contributed by atoms with E-state index in [1.807, 2.05) is 0 Å². The number of carbonyl (C=O) groups is 2. The van der Waals surface area contributed by atoms with Gasteiger partial charge in [-0.3, -0.25) is 14.4 Å². The van der Waals surface area contributed by atoms with Crippen molar-refractivity contribution in [1.29, 1.82) is 0 Å². The summed E-state index contributed by atoms with van der Waals surface area (Å²) >= 11 is 6.13. The minimum atomic E-state index is -1.20. The van der Waals surface area contributed by atoms with E-state index < -0.39 is 64.2 Å². The number of aromatic hydroxyl groups is 1. The van der Waals surface area contributed by atoms with Crippen LogP contribution in [0.3, 0.4) is 0 Å². The number of fused-ring (bicyclic) bond motifs is 6. The zero-order valence-electron chi connectivity index (χ0n) is 17.9. The van der Waals surface area contributed by atoms with E-state index in [1.165, 1.54) is 9.47 Å². The minimum absolute atomic E-state index is 0.246. The molecule has 5 rings (SSSR count). The number of hydrogen-bond acceptors (Lipinski definition) is 4. The molecule has 2 N–H and O–H groups in total. The van der Waals surface area contributed by atoms with Crippen molar-refractivity contribution in [3.05, 3.63) is 97.2 Å². The Kier molecular flexibility index (Phi) is 5.55. The molecule has 1 aromatic heterocycles. The lowest BCUT2D eigenvalue weighted by Gasteiger charge is -2.35. The summed E-state index contributed by atoms with van der Waals surface area (Å²) in [7, 11) is 0. The molecule has 0 unspecified atom stereocenters. The third-order valence-electron chi connectivity index (χ3n) is 6.32. The lowest BCUT2D eigenvalue weighted by molar-refractivity contribution is 0.0686. The van der Waals surface area contributed by atoms with Crippen molar-refractivity contribution in [1.82, 2.24) is 14.8 Å². The van der Waals surface area contributed by atoms with E-state index in [0.29, 0.717) is 30.1 Å². The number of nitrogens with zero attached hydrogens (tertiary/aromatic N) is 2. The molecule has 2 aliphatic rings. The number of hydrogen-bond donors (Lipinski definition) is 2. The Morgan fingerprint density at radius 2 is 1.86 bits per heavy atom. The van der Waals surface area contributed by atoms with Gasteiger partial charge in [0, 0.05) is 48.5 Å². The SMILES string of the molecule is O=C(NCc1c(F)cc(F)cc1F)c1cn2c(c(O)c1=O)C(=O)N1CCc3cc(Cl)ccc3[C@H]2C1. The van der Waals surface area contributed by atoms with Crippen molar-refractivity contribution in [3.63, 3.8) is 0 Å². The summed E-state index contributed by atoms with van der Waals surface area (Å²) in [5.74, 6) is -5.99. The van der Waals surface area contributed by atoms with Crippen LogP contribution in [0, 0.1) is 17.5 Å². The monoisotopic (exact) mass is 503 g/mol.